The average Bonchev–Trinajstić information content (AvgIpc) is 2.48. The van der Waals surface area contributed by atoms with Gasteiger partial charge in [-0.3, -0.25) is 0 Å². The van der Waals surface area contributed by atoms with Crippen LogP contribution < -0.4 is 4.74 Å². The van der Waals surface area contributed by atoms with Crippen molar-refractivity contribution in [1.82, 2.24) is 0 Å². The Morgan fingerprint density at radius 3 is 2.40 bits per heavy atom. The van der Waals surface area contributed by atoms with Crippen LogP contribution in [0.4, 0.5) is 4.39 Å². The normalized spacial score (nSPS) is 13.7. The molecule has 0 spiro atoms. The predicted molar refractivity (Wildman–Crippen MR) is 74.4 cm³/mol. The second-order valence-corrected chi connectivity index (χ2v) is 5.03. The summed E-state index contributed by atoms with van der Waals surface area (Å²) in [7, 11) is 0. The van der Waals surface area contributed by atoms with E-state index in [1.54, 1.807) is 0 Å². The summed E-state index contributed by atoms with van der Waals surface area (Å²) in [5.74, 6) is -0.268. The van der Waals surface area contributed by atoms with Crippen LogP contribution in [-0.2, 0) is 12.8 Å². The zero-order valence-corrected chi connectivity index (χ0v) is 11.1. The lowest BCUT2D eigenvalue weighted by molar-refractivity contribution is 0.0734. The summed E-state index contributed by atoms with van der Waals surface area (Å²) in [4.78, 5) is 11.9. The van der Waals surface area contributed by atoms with E-state index in [9.17, 15) is 9.18 Å². The van der Waals surface area contributed by atoms with Gasteiger partial charge in [0.05, 0.1) is 5.56 Å². The molecule has 102 valence electrons. The van der Waals surface area contributed by atoms with E-state index in [-0.39, 0.29) is 5.82 Å². The van der Waals surface area contributed by atoms with Crippen LogP contribution in [0.1, 0.15) is 34.3 Å². The number of carbonyl (C=O) groups is 1. The molecular weight excluding hydrogens is 255 g/mol. The Kier molecular flexibility index (Phi) is 3.50. The number of ether oxygens (including phenoxy) is 1. The fourth-order valence-electron chi connectivity index (χ4n) is 2.53. The molecule has 0 N–H and O–H groups in total. The Bertz CT molecular complexity index is 632. The summed E-state index contributed by atoms with van der Waals surface area (Å²) in [6.07, 6.45) is 4.54. The molecule has 1 aliphatic carbocycles. The third-order valence-electron chi connectivity index (χ3n) is 3.61. The smallest absolute Gasteiger partial charge is 0.343 e. The van der Waals surface area contributed by atoms with Gasteiger partial charge in [-0.25, -0.2) is 9.18 Å². The number of hydrogen-bond donors (Lipinski definition) is 0. The molecule has 0 bridgehead atoms. The summed E-state index contributed by atoms with van der Waals surface area (Å²) in [5.41, 5.74) is 2.96. The molecule has 0 amide bonds. The Morgan fingerprint density at radius 2 is 1.65 bits per heavy atom. The minimum Gasteiger partial charge on any atom is -0.423 e. The third kappa shape index (κ3) is 2.72. The maximum absolute atomic E-state index is 12.8. The van der Waals surface area contributed by atoms with E-state index < -0.39 is 5.97 Å². The standard InChI is InChI=1S/C17H15FO2/c18-15-8-5-13(6-9-15)17(19)20-16-10-7-12-3-1-2-4-14(12)11-16/h5-11H,1-4H2. The minimum absolute atomic E-state index is 0.351. The van der Waals surface area contributed by atoms with Crippen molar-refractivity contribution in [3.63, 3.8) is 0 Å². The van der Waals surface area contributed by atoms with E-state index in [1.807, 2.05) is 18.2 Å². The fourth-order valence-corrected chi connectivity index (χ4v) is 2.53. The van der Waals surface area contributed by atoms with Gasteiger partial charge >= 0.3 is 5.97 Å². The van der Waals surface area contributed by atoms with Crippen molar-refractivity contribution in [2.45, 2.75) is 25.7 Å². The van der Waals surface area contributed by atoms with Gasteiger partial charge in [-0.1, -0.05) is 6.07 Å². The van der Waals surface area contributed by atoms with Crippen LogP contribution in [0.15, 0.2) is 42.5 Å². The molecular formula is C17H15FO2. The van der Waals surface area contributed by atoms with Crippen LogP contribution in [0.5, 0.6) is 5.75 Å². The van der Waals surface area contributed by atoms with Crippen LogP contribution in [0.25, 0.3) is 0 Å². The SMILES string of the molecule is O=C(Oc1ccc2c(c1)CCCC2)c1ccc(F)cc1. The number of halogens is 1. The molecule has 3 heteroatoms. The van der Waals surface area contributed by atoms with Gasteiger partial charge in [0.25, 0.3) is 0 Å². The summed E-state index contributed by atoms with van der Waals surface area (Å²) < 4.78 is 18.2. The molecule has 2 aromatic rings. The highest BCUT2D eigenvalue weighted by Crippen LogP contribution is 2.25. The largest absolute Gasteiger partial charge is 0.423 e. The second-order valence-electron chi connectivity index (χ2n) is 5.03. The Morgan fingerprint density at radius 1 is 0.950 bits per heavy atom. The summed E-state index contributed by atoms with van der Waals surface area (Å²) in [6, 6.07) is 11.2. The van der Waals surface area contributed by atoms with Crippen molar-refractivity contribution < 1.29 is 13.9 Å². The number of esters is 1. The zero-order valence-electron chi connectivity index (χ0n) is 11.1. The van der Waals surface area contributed by atoms with E-state index in [1.165, 1.54) is 48.2 Å². The highest BCUT2D eigenvalue weighted by Gasteiger charge is 2.13. The lowest BCUT2D eigenvalue weighted by Gasteiger charge is -2.16. The van der Waals surface area contributed by atoms with Crippen molar-refractivity contribution in [2.75, 3.05) is 0 Å². The van der Waals surface area contributed by atoms with Gasteiger partial charge < -0.3 is 4.74 Å². The highest BCUT2D eigenvalue weighted by molar-refractivity contribution is 5.91. The molecule has 2 nitrogen and oxygen atoms in total. The van der Waals surface area contributed by atoms with Gasteiger partial charge in [0.15, 0.2) is 0 Å². The molecule has 2 aromatic carbocycles. The topological polar surface area (TPSA) is 26.3 Å². The molecule has 3 rings (SSSR count). The Hall–Kier alpha value is -2.16. The monoisotopic (exact) mass is 270 g/mol. The maximum Gasteiger partial charge on any atom is 0.343 e. The van der Waals surface area contributed by atoms with Crippen LogP contribution >= 0.6 is 0 Å². The van der Waals surface area contributed by atoms with E-state index in [2.05, 4.69) is 0 Å². The summed E-state index contributed by atoms with van der Waals surface area (Å²) >= 11 is 0. The van der Waals surface area contributed by atoms with Crippen LogP contribution in [0.3, 0.4) is 0 Å². The number of rotatable bonds is 2. The molecule has 0 aliphatic heterocycles. The van der Waals surface area contributed by atoms with Crippen molar-refractivity contribution in [3.05, 3.63) is 65.0 Å². The first-order valence-electron chi connectivity index (χ1n) is 6.82. The molecule has 0 saturated heterocycles. The van der Waals surface area contributed by atoms with Gasteiger partial charge in [0.2, 0.25) is 0 Å². The minimum atomic E-state index is -0.458. The molecule has 20 heavy (non-hydrogen) atoms. The van der Waals surface area contributed by atoms with Crippen molar-refractivity contribution >= 4 is 5.97 Å². The molecule has 1 aliphatic rings. The Labute approximate surface area is 117 Å². The predicted octanol–water partition coefficient (Wildman–Crippen LogP) is 3.92. The van der Waals surface area contributed by atoms with Crippen molar-refractivity contribution in [1.29, 1.82) is 0 Å². The molecule has 0 aromatic heterocycles. The first-order chi connectivity index (χ1) is 9.72. The first-order valence-corrected chi connectivity index (χ1v) is 6.82. The van der Waals surface area contributed by atoms with Gasteiger partial charge in [-0.15, -0.1) is 0 Å². The number of benzene rings is 2. The third-order valence-corrected chi connectivity index (χ3v) is 3.61. The number of carbonyl (C=O) groups excluding carboxylic acids is 1. The average molecular weight is 270 g/mol. The summed E-state index contributed by atoms with van der Waals surface area (Å²) in [6.45, 7) is 0. The van der Waals surface area contributed by atoms with E-state index >= 15 is 0 Å². The van der Waals surface area contributed by atoms with Gasteiger partial charge in [-0.2, -0.15) is 0 Å². The lowest BCUT2D eigenvalue weighted by atomic mass is 9.92. The number of fused-ring (bicyclic) bond motifs is 1. The van der Waals surface area contributed by atoms with Crippen molar-refractivity contribution in [3.8, 4) is 5.75 Å². The lowest BCUT2D eigenvalue weighted by Crippen LogP contribution is -2.09. The van der Waals surface area contributed by atoms with E-state index in [0.717, 1.165) is 12.8 Å². The van der Waals surface area contributed by atoms with E-state index in [4.69, 9.17) is 4.74 Å². The maximum atomic E-state index is 12.8. The molecule has 0 heterocycles. The highest BCUT2D eigenvalue weighted by atomic mass is 19.1. The van der Waals surface area contributed by atoms with E-state index in [0.29, 0.717) is 11.3 Å². The second kappa shape index (κ2) is 5.45. The molecule has 0 fully saturated rings. The fraction of sp³-hybridized carbons (Fsp3) is 0.235. The number of aryl methyl sites for hydroxylation is 2. The molecule has 0 saturated carbocycles. The van der Waals surface area contributed by atoms with Gasteiger partial charge in [-0.05, 0) is 73.2 Å². The Balaban J connectivity index is 1.77. The molecule has 0 radical (unpaired) electrons. The van der Waals surface area contributed by atoms with Gasteiger partial charge in [0, 0.05) is 0 Å². The van der Waals surface area contributed by atoms with Gasteiger partial charge in [0.1, 0.15) is 11.6 Å². The quantitative estimate of drug-likeness (QED) is 0.610. The van der Waals surface area contributed by atoms with Crippen molar-refractivity contribution in [2.24, 2.45) is 0 Å². The first kappa shape index (κ1) is 12.9. The number of hydrogen-bond acceptors (Lipinski definition) is 2. The van der Waals surface area contributed by atoms with Crippen LogP contribution in [0.2, 0.25) is 0 Å². The van der Waals surface area contributed by atoms with Crippen LogP contribution in [-0.4, -0.2) is 5.97 Å². The van der Waals surface area contributed by atoms with Crippen LogP contribution in [0, 0.1) is 5.82 Å². The molecule has 0 unspecified atom stereocenters. The zero-order chi connectivity index (χ0) is 13.9. The summed E-state index contributed by atoms with van der Waals surface area (Å²) in [5, 5.41) is 0. The molecule has 0 atom stereocenters.